The summed E-state index contributed by atoms with van der Waals surface area (Å²) >= 11 is 0. The normalized spacial score (nSPS) is 19.5. The summed E-state index contributed by atoms with van der Waals surface area (Å²) in [5.74, 6) is 0.557. The first-order chi connectivity index (χ1) is 10.5. The number of nitrogens with one attached hydrogen (secondary N) is 1. The molecule has 0 aromatic heterocycles. The molecule has 1 aromatic rings. The Morgan fingerprint density at radius 1 is 1.41 bits per heavy atom. The second-order valence-corrected chi connectivity index (χ2v) is 6.56. The van der Waals surface area contributed by atoms with E-state index in [1.165, 1.54) is 12.1 Å². The van der Waals surface area contributed by atoms with E-state index in [4.69, 9.17) is 5.73 Å². The van der Waals surface area contributed by atoms with E-state index in [1.807, 2.05) is 0 Å². The molecule has 1 heterocycles. The summed E-state index contributed by atoms with van der Waals surface area (Å²) in [6, 6.07) is 6.14. The molecule has 3 N–H and O–H groups in total. The molecule has 1 aromatic carbocycles. The number of hydrogen-bond acceptors (Lipinski definition) is 3. The number of benzene rings is 1. The second-order valence-electron chi connectivity index (χ2n) is 6.56. The molecular formula is C17H26FN3O. The Morgan fingerprint density at radius 3 is 2.73 bits per heavy atom. The lowest BCUT2D eigenvalue weighted by atomic mass is 10.0. The van der Waals surface area contributed by atoms with Crippen molar-refractivity contribution in [2.75, 3.05) is 24.5 Å². The topological polar surface area (TPSA) is 58.4 Å². The second kappa shape index (κ2) is 7.58. The van der Waals surface area contributed by atoms with Gasteiger partial charge in [0.25, 0.3) is 0 Å². The lowest BCUT2D eigenvalue weighted by molar-refractivity contribution is -0.122. The molecule has 1 aliphatic heterocycles. The van der Waals surface area contributed by atoms with Gasteiger partial charge in [0.05, 0.1) is 6.04 Å². The first-order valence-corrected chi connectivity index (χ1v) is 7.99. The van der Waals surface area contributed by atoms with Crippen molar-refractivity contribution in [1.29, 1.82) is 0 Å². The summed E-state index contributed by atoms with van der Waals surface area (Å²) in [7, 11) is 0. The summed E-state index contributed by atoms with van der Waals surface area (Å²) in [5.41, 5.74) is 6.91. The number of carbonyl (C=O) groups excluding carboxylic acids is 1. The third-order valence-corrected chi connectivity index (χ3v) is 4.10. The lowest BCUT2D eigenvalue weighted by Gasteiger charge is -2.19. The van der Waals surface area contributed by atoms with Crippen LogP contribution in [-0.4, -0.2) is 31.6 Å². The maximum absolute atomic E-state index is 12.9. The number of anilines is 1. The molecular weight excluding hydrogens is 281 g/mol. The smallest absolute Gasteiger partial charge is 0.236 e. The highest BCUT2D eigenvalue weighted by Crippen LogP contribution is 2.23. The first kappa shape index (κ1) is 16.7. The average Bonchev–Trinajstić information content (AvgIpc) is 2.93. The highest BCUT2D eigenvalue weighted by atomic mass is 19.1. The molecule has 0 aliphatic carbocycles. The molecule has 1 saturated heterocycles. The number of hydrogen-bond donors (Lipinski definition) is 2. The van der Waals surface area contributed by atoms with Gasteiger partial charge in [-0.05, 0) is 48.9 Å². The summed E-state index contributed by atoms with van der Waals surface area (Å²) in [4.78, 5) is 14.2. The van der Waals surface area contributed by atoms with Crippen molar-refractivity contribution in [3.8, 4) is 0 Å². The fraction of sp³-hybridized carbons (Fsp3) is 0.588. The van der Waals surface area contributed by atoms with Crippen molar-refractivity contribution >= 4 is 11.6 Å². The van der Waals surface area contributed by atoms with E-state index in [0.29, 0.717) is 24.8 Å². The van der Waals surface area contributed by atoms with Gasteiger partial charge >= 0.3 is 0 Å². The third kappa shape index (κ3) is 4.70. The van der Waals surface area contributed by atoms with E-state index in [1.54, 1.807) is 12.1 Å². The number of nitrogens with zero attached hydrogens (tertiary/aromatic N) is 1. The van der Waals surface area contributed by atoms with Gasteiger partial charge < -0.3 is 16.0 Å². The SMILES string of the molecule is CC(C)C[C@H](N)C(=O)NCC1CCN(c2ccc(F)cc2)C1. The lowest BCUT2D eigenvalue weighted by Crippen LogP contribution is -2.43. The van der Waals surface area contributed by atoms with Gasteiger partial charge in [-0.15, -0.1) is 0 Å². The zero-order chi connectivity index (χ0) is 16.1. The molecule has 1 fully saturated rings. The van der Waals surface area contributed by atoms with Crippen LogP contribution in [0.2, 0.25) is 0 Å². The molecule has 0 saturated carbocycles. The summed E-state index contributed by atoms with van der Waals surface area (Å²) in [6.07, 6.45) is 1.73. The van der Waals surface area contributed by atoms with Crippen molar-refractivity contribution in [3.63, 3.8) is 0 Å². The van der Waals surface area contributed by atoms with Crippen molar-refractivity contribution in [3.05, 3.63) is 30.1 Å². The van der Waals surface area contributed by atoms with Crippen LogP contribution in [0.4, 0.5) is 10.1 Å². The van der Waals surface area contributed by atoms with Crippen LogP contribution in [0.15, 0.2) is 24.3 Å². The van der Waals surface area contributed by atoms with Crippen LogP contribution in [-0.2, 0) is 4.79 Å². The van der Waals surface area contributed by atoms with Gasteiger partial charge in [0.2, 0.25) is 5.91 Å². The minimum Gasteiger partial charge on any atom is -0.371 e. The van der Waals surface area contributed by atoms with Crippen molar-refractivity contribution in [1.82, 2.24) is 5.32 Å². The molecule has 2 rings (SSSR count). The van der Waals surface area contributed by atoms with Crippen LogP contribution in [0, 0.1) is 17.7 Å². The Balaban J connectivity index is 1.77. The summed E-state index contributed by atoms with van der Waals surface area (Å²) in [5, 5.41) is 2.96. The number of carbonyl (C=O) groups is 1. The maximum Gasteiger partial charge on any atom is 0.236 e. The first-order valence-electron chi connectivity index (χ1n) is 7.99. The Bertz CT molecular complexity index is 489. The minimum atomic E-state index is -0.422. The highest BCUT2D eigenvalue weighted by molar-refractivity contribution is 5.81. The number of halogens is 1. The molecule has 0 spiro atoms. The zero-order valence-corrected chi connectivity index (χ0v) is 13.4. The van der Waals surface area contributed by atoms with Crippen LogP contribution in [0.1, 0.15) is 26.7 Å². The Morgan fingerprint density at radius 2 is 2.09 bits per heavy atom. The van der Waals surface area contributed by atoms with E-state index in [-0.39, 0.29) is 11.7 Å². The maximum atomic E-state index is 12.9. The highest BCUT2D eigenvalue weighted by Gasteiger charge is 2.24. The Hall–Kier alpha value is -1.62. The quantitative estimate of drug-likeness (QED) is 0.846. The summed E-state index contributed by atoms with van der Waals surface area (Å²) in [6.45, 7) is 6.59. The molecule has 1 unspecified atom stereocenters. The minimum absolute atomic E-state index is 0.0612. The number of rotatable bonds is 6. The van der Waals surface area contributed by atoms with Crippen LogP contribution in [0.25, 0.3) is 0 Å². The predicted molar refractivity (Wildman–Crippen MR) is 87.2 cm³/mol. The van der Waals surface area contributed by atoms with Gasteiger partial charge in [-0.1, -0.05) is 13.8 Å². The van der Waals surface area contributed by atoms with E-state index >= 15 is 0 Å². The zero-order valence-electron chi connectivity index (χ0n) is 13.4. The van der Waals surface area contributed by atoms with Crippen LogP contribution in [0.5, 0.6) is 0 Å². The molecule has 0 bridgehead atoms. The molecule has 5 heteroatoms. The largest absolute Gasteiger partial charge is 0.371 e. The van der Waals surface area contributed by atoms with E-state index in [2.05, 4.69) is 24.1 Å². The van der Waals surface area contributed by atoms with Gasteiger partial charge in [0, 0.05) is 25.3 Å². The van der Waals surface area contributed by atoms with Gasteiger partial charge in [-0.2, -0.15) is 0 Å². The number of nitrogens with two attached hydrogens (primary N) is 1. The standard InChI is InChI=1S/C17H26FN3O/c1-12(2)9-16(19)17(22)20-10-13-7-8-21(11-13)15-5-3-14(18)4-6-15/h3-6,12-13,16H,7-11,19H2,1-2H3,(H,20,22)/t13?,16-/m0/s1. The van der Waals surface area contributed by atoms with Gasteiger partial charge in [0.15, 0.2) is 0 Å². The van der Waals surface area contributed by atoms with Crippen molar-refractivity contribution in [2.24, 2.45) is 17.6 Å². The molecule has 22 heavy (non-hydrogen) atoms. The third-order valence-electron chi connectivity index (χ3n) is 4.10. The monoisotopic (exact) mass is 307 g/mol. The Kier molecular flexibility index (Phi) is 5.77. The van der Waals surface area contributed by atoms with Gasteiger partial charge in [-0.25, -0.2) is 4.39 Å². The average molecular weight is 307 g/mol. The van der Waals surface area contributed by atoms with Crippen molar-refractivity contribution in [2.45, 2.75) is 32.7 Å². The van der Waals surface area contributed by atoms with E-state index in [0.717, 1.165) is 25.2 Å². The Labute approximate surface area is 131 Å². The molecule has 2 atom stereocenters. The van der Waals surface area contributed by atoms with E-state index in [9.17, 15) is 9.18 Å². The van der Waals surface area contributed by atoms with Crippen molar-refractivity contribution < 1.29 is 9.18 Å². The summed E-state index contributed by atoms with van der Waals surface area (Å²) < 4.78 is 12.9. The van der Waals surface area contributed by atoms with Gasteiger partial charge in [0.1, 0.15) is 5.82 Å². The molecule has 4 nitrogen and oxygen atoms in total. The van der Waals surface area contributed by atoms with Gasteiger partial charge in [-0.3, -0.25) is 4.79 Å². The predicted octanol–water partition coefficient (Wildman–Crippen LogP) is 2.14. The van der Waals surface area contributed by atoms with Crippen LogP contribution < -0.4 is 16.0 Å². The van der Waals surface area contributed by atoms with E-state index < -0.39 is 6.04 Å². The van der Waals surface area contributed by atoms with Crippen LogP contribution in [0.3, 0.4) is 0 Å². The molecule has 122 valence electrons. The van der Waals surface area contributed by atoms with Crippen LogP contribution >= 0.6 is 0 Å². The molecule has 1 amide bonds. The fourth-order valence-corrected chi connectivity index (χ4v) is 2.88. The fourth-order valence-electron chi connectivity index (χ4n) is 2.88. The molecule has 0 radical (unpaired) electrons. The molecule has 1 aliphatic rings. The number of amides is 1.